The second-order valence-electron chi connectivity index (χ2n) is 7.56. The summed E-state index contributed by atoms with van der Waals surface area (Å²) in [5.74, 6) is 2.44. The molecule has 31 heavy (non-hydrogen) atoms. The van der Waals surface area contributed by atoms with Gasteiger partial charge in [-0.15, -0.1) is 0 Å². The van der Waals surface area contributed by atoms with Crippen molar-refractivity contribution in [2.75, 3.05) is 38.3 Å². The Bertz CT molecular complexity index is 1220. The zero-order valence-electron chi connectivity index (χ0n) is 17.7. The van der Waals surface area contributed by atoms with Crippen LogP contribution in [-0.2, 0) is 18.2 Å². The molecule has 0 spiro atoms. The third-order valence-electron chi connectivity index (χ3n) is 5.51. The molecule has 0 atom stereocenters. The number of anilines is 1. The number of ether oxygens (including phenoxy) is 2. The van der Waals surface area contributed by atoms with E-state index in [2.05, 4.69) is 32.1 Å². The molecule has 158 valence electrons. The minimum atomic E-state index is 0.573. The van der Waals surface area contributed by atoms with Crippen molar-refractivity contribution >= 4 is 16.7 Å². The molecule has 5 rings (SSSR count). The van der Waals surface area contributed by atoms with Crippen LogP contribution in [0.15, 0.2) is 49.1 Å². The fourth-order valence-corrected chi connectivity index (χ4v) is 3.88. The topological polar surface area (TPSA) is 78.2 Å². The Labute approximate surface area is 180 Å². The molecule has 1 aromatic carbocycles. The minimum Gasteiger partial charge on any atom is -0.496 e. The summed E-state index contributed by atoms with van der Waals surface area (Å²) < 4.78 is 12.9. The second-order valence-corrected chi connectivity index (χ2v) is 7.56. The number of benzene rings is 1. The van der Waals surface area contributed by atoms with Gasteiger partial charge in [0.25, 0.3) is 0 Å². The van der Waals surface area contributed by atoms with Gasteiger partial charge in [0.15, 0.2) is 5.82 Å². The normalized spacial score (nSPS) is 14.2. The lowest BCUT2D eigenvalue weighted by atomic mass is 10.0. The van der Waals surface area contributed by atoms with Gasteiger partial charge in [-0.05, 0) is 17.7 Å². The number of fused-ring (bicyclic) bond motifs is 1. The molecular formula is C23H24N6O2. The maximum Gasteiger partial charge on any atom is 0.155 e. The Morgan fingerprint density at radius 1 is 1.06 bits per heavy atom. The number of hydrogen-bond acceptors (Lipinski definition) is 7. The number of hydrogen-bond donors (Lipinski definition) is 0. The van der Waals surface area contributed by atoms with Crippen LogP contribution in [0.2, 0.25) is 0 Å². The van der Waals surface area contributed by atoms with E-state index < -0.39 is 0 Å². The lowest BCUT2D eigenvalue weighted by molar-refractivity contribution is 0.122. The van der Waals surface area contributed by atoms with E-state index in [0.717, 1.165) is 58.1 Å². The molecule has 1 fully saturated rings. The third kappa shape index (κ3) is 3.94. The highest BCUT2D eigenvalue weighted by Crippen LogP contribution is 2.29. The molecule has 0 bridgehead atoms. The maximum absolute atomic E-state index is 5.68. The predicted molar refractivity (Wildman–Crippen MR) is 118 cm³/mol. The van der Waals surface area contributed by atoms with Gasteiger partial charge >= 0.3 is 0 Å². The highest BCUT2D eigenvalue weighted by atomic mass is 16.5. The molecule has 0 N–H and O–H groups in total. The molecule has 1 aliphatic rings. The van der Waals surface area contributed by atoms with Gasteiger partial charge in [0.05, 0.1) is 26.5 Å². The summed E-state index contributed by atoms with van der Waals surface area (Å²) in [6.45, 7) is 3.04. The summed E-state index contributed by atoms with van der Waals surface area (Å²) >= 11 is 0. The Kier molecular flexibility index (Phi) is 5.21. The number of morpholine rings is 1. The summed E-state index contributed by atoms with van der Waals surface area (Å²) in [6, 6.07) is 8.14. The molecule has 3 aromatic heterocycles. The van der Waals surface area contributed by atoms with Gasteiger partial charge in [0.2, 0.25) is 0 Å². The Morgan fingerprint density at radius 3 is 2.71 bits per heavy atom. The Balaban J connectivity index is 1.47. The quantitative estimate of drug-likeness (QED) is 0.495. The van der Waals surface area contributed by atoms with Crippen LogP contribution in [-0.4, -0.2) is 58.1 Å². The fourth-order valence-electron chi connectivity index (χ4n) is 3.88. The minimum absolute atomic E-state index is 0.573. The van der Waals surface area contributed by atoms with Crippen molar-refractivity contribution in [2.24, 2.45) is 7.05 Å². The average Bonchev–Trinajstić information content (AvgIpc) is 3.25. The fraction of sp³-hybridized carbons (Fsp3) is 0.304. The Hall–Kier alpha value is -3.52. The second kappa shape index (κ2) is 8.31. The number of aryl methyl sites for hydroxylation is 1. The molecule has 4 aromatic rings. The first kappa shape index (κ1) is 19.4. The van der Waals surface area contributed by atoms with Gasteiger partial charge in [-0.25, -0.2) is 15.0 Å². The first-order valence-electron chi connectivity index (χ1n) is 10.3. The molecule has 4 heterocycles. The molecule has 0 amide bonds. The number of aromatic nitrogens is 5. The van der Waals surface area contributed by atoms with Crippen LogP contribution in [0.5, 0.6) is 5.75 Å². The molecule has 8 heteroatoms. The number of rotatable bonds is 5. The van der Waals surface area contributed by atoms with E-state index in [1.807, 2.05) is 44.0 Å². The van der Waals surface area contributed by atoms with Gasteiger partial charge in [-0.2, -0.15) is 5.10 Å². The van der Waals surface area contributed by atoms with E-state index in [1.165, 1.54) is 0 Å². The zero-order valence-corrected chi connectivity index (χ0v) is 17.7. The van der Waals surface area contributed by atoms with Crippen LogP contribution in [0.4, 0.5) is 5.82 Å². The molecule has 0 aliphatic carbocycles. The van der Waals surface area contributed by atoms with Gasteiger partial charge in [0.1, 0.15) is 17.1 Å². The van der Waals surface area contributed by atoms with E-state index in [4.69, 9.17) is 14.5 Å². The monoisotopic (exact) mass is 416 g/mol. The summed E-state index contributed by atoms with van der Waals surface area (Å²) in [4.78, 5) is 16.3. The molecular weight excluding hydrogens is 392 g/mol. The molecule has 0 radical (unpaired) electrons. The van der Waals surface area contributed by atoms with Crippen LogP contribution < -0.4 is 9.64 Å². The highest BCUT2D eigenvalue weighted by molar-refractivity contribution is 5.88. The molecule has 1 aliphatic heterocycles. The molecule has 0 unspecified atom stereocenters. The smallest absolute Gasteiger partial charge is 0.155 e. The van der Waals surface area contributed by atoms with E-state index in [-0.39, 0.29) is 0 Å². The van der Waals surface area contributed by atoms with Crippen molar-refractivity contribution in [3.8, 4) is 16.9 Å². The first-order chi connectivity index (χ1) is 15.2. The van der Waals surface area contributed by atoms with Crippen molar-refractivity contribution in [1.29, 1.82) is 0 Å². The SMILES string of the molecule is COc1cc(-c2cnn(C)c2)ccc1Cc1ncc2ccnc(N3CCOCC3)c2n1. The highest BCUT2D eigenvalue weighted by Gasteiger charge is 2.17. The standard InChI is InChI=1S/C23H24N6O2/c1-28-15-19(14-26-28)16-3-4-17(20(11-16)30-2)12-21-25-13-18-5-6-24-23(22(18)27-21)29-7-9-31-10-8-29/h3-6,11,13-15H,7-10,12H2,1-2H3. The van der Waals surface area contributed by atoms with Gasteiger partial charge in [-0.1, -0.05) is 12.1 Å². The van der Waals surface area contributed by atoms with Crippen molar-refractivity contribution < 1.29 is 9.47 Å². The van der Waals surface area contributed by atoms with Gasteiger partial charge in [-0.3, -0.25) is 4.68 Å². The number of methoxy groups -OCH3 is 1. The van der Waals surface area contributed by atoms with E-state index in [0.29, 0.717) is 19.6 Å². The summed E-state index contributed by atoms with van der Waals surface area (Å²) in [5, 5.41) is 5.24. The largest absolute Gasteiger partial charge is 0.496 e. The molecule has 1 saturated heterocycles. The van der Waals surface area contributed by atoms with E-state index in [9.17, 15) is 0 Å². The first-order valence-corrected chi connectivity index (χ1v) is 10.3. The van der Waals surface area contributed by atoms with E-state index >= 15 is 0 Å². The summed E-state index contributed by atoms with van der Waals surface area (Å²) in [7, 11) is 3.60. The van der Waals surface area contributed by atoms with Crippen molar-refractivity contribution in [3.63, 3.8) is 0 Å². The van der Waals surface area contributed by atoms with Crippen molar-refractivity contribution in [2.45, 2.75) is 6.42 Å². The molecule has 0 saturated carbocycles. The van der Waals surface area contributed by atoms with Crippen molar-refractivity contribution in [3.05, 3.63) is 60.4 Å². The third-order valence-corrected chi connectivity index (χ3v) is 5.51. The zero-order chi connectivity index (χ0) is 21.2. The molecule has 8 nitrogen and oxygen atoms in total. The van der Waals surface area contributed by atoms with Crippen LogP contribution in [0.1, 0.15) is 11.4 Å². The van der Waals surface area contributed by atoms with Crippen LogP contribution in [0.3, 0.4) is 0 Å². The Morgan fingerprint density at radius 2 is 1.94 bits per heavy atom. The van der Waals surface area contributed by atoms with Crippen LogP contribution in [0, 0.1) is 0 Å². The summed E-state index contributed by atoms with van der Waals surface area (Å²) in [5.41, 5.74) is 4.02. The summed E-state index contributed by atoms with van der Waals surface area (Å²) in [6.07, 6.45) is 8.10. The number of pyridine rings is 1. The van der Waals surface area contributed by atoms with Crippen LogP contribution >= 0.6 is 0 Å². The lowest BCUT2D eigenvalue weighted by Gasteiger charge is -2.28. The van der Waals surface area contributed by atoms with Gasteiger partial charge in [0, 0.05) is 61.7 Å². The number of nitrogens with zero attached hydrogens (tertiary/aromatic N) is 6. The van der Waals surface area contributed by atoms with Crippen LogP contribution in [0.25, 0.3) is 22.0 Å². The predicted octanol–water partition coefficient (Wildman–Crippen LogP) is 2.86. The maximum atomic E-state index is 5.68. The van der Waals surface area contributed by atoms with Gasteiger partial charge < -0.3 is 14.4 Å². The van der Waals surface area contributed by atoms with E-state index in [1.54, 1.807) is 11.8 Å². The van der Waals surface area contributed by atoms with Crippen molar-refractivity contribution in [1.82, 2.24) is 24.7 Å². The average molecular weight is 416 g/mol. The lowest BCUT2D eigenvalue weighted by Crippen LogP contribution is -2.37.